The summed E-state index contributed by atoms with van der Waals surface area (Å²) in [5.74, 6) is -0.0397. The number of rotatable bonds is 5. The minimum Gasteiger partial charge on any atom is -0.396 e. The molecule has 0 spiro atoms. The summed E-state index contributed by atoms with van der Waals surface area (Å²) in [6.07, 6.45) is 1.20. The second kappa shape index (κ2) is 8.31. The molecule has 9 nitrogen and oxygen atoms in total. The maximum atomic E-state index is 12.2. The summed E-state index contributed by atoms with van der Waals surface area (Å²) in [5, 5.41) is 26.5. The van der Waals surface area contributed by atoms with Gasteiger partial charge in [0.15, 0.2) is 11.6 Å². The fourth-order valence-electron chi connectivity index (χ4n) is 2.34. The predicted octanol–water partition coefficient (Wildman–Crippen LogP) is 2.59. The zero-order valence-electron chi connectivity index (χ0n) is 14.6. The van der Waals surface area contributed by atoms with Gasteiger partial charge >= 0.3 is 0 Å². The summed E-state index contributed by atoms with van der Waals surface area (Å²) >= 11 is 5.96. The minimum absolute atomic E-state index is 0.0354. The summed E-state index contributed by atoms with van der Waals surface area (Å²) in [6, 6.07) is 13.4. The highest BCUT2D eigenvalue weighted by atomic mass is 35.5. The molecule has 142 valence electrons. The topological polar surface area (TPSA) is 146 Å². The van der Waals surface area contributed by atoms with E-state index >= 15 is 0 Å². The van der Waals surface area contributed by atoms with Crippen molar-refractivity contribution >= 4 is 46.4 Å². The summed E-state index contributed by atoms with van der Waals surface area (Å²) in [4.78, 5) is 16.2. The Morgan fingerprint density at radius 3 is 2.79 bits per heavy atom. The Morgan fingerprint density at radius 2 is 2.04 bits per heavy atom. The van der Waals surface area contributed by atoms with E-state index in [4.69, 9.17) is 28.2 Å². The van der Waals surface area contributed by atoms with Crippen molar-refractivity contribution in [3.8, 4) is 0 Å². The molecule has 28 heavy (non-hydrogen) atoms. The second-order valence-corrected chi connectivity index (χ2v) is 6.20. The first-order valence-electron chi connectivity index (χ1n) is 8.18. The van der Waals surface area contributed by atoms with E-state index in [2.05, 4.69) is 20.7 Å². The number of nitrogen functional groups attached to an aromatic ring is 1. The number of anilines is 4. The molecular weight excluding hydrogens is 380 g/mol. The highest BCUT2D eigenvalue weighted by Crippen LogP contribution is 2.18. The van der Waals surface area contributed by atoms with Crippen molar-refractivity contribution < 1.29 is 4.79 Å². The Kier molecular flexibility index (Phi) is 5.66. The number of halogens is 1. The maximum absolute atomic E-state index is 12.2. The zero-order valence-corrected chi connectivity index (χ0v) is 15.4. The van der Waals surface area contributed by atoms with Gasteiger partial charge in [-0.2, -0.15) is 4.68 Å². The van der Waals surface area contributed by atoms with Crippen LogP contribution < -0.4 is 21.9 Å². The number of carbonyl (C=O) groups is 1. The molecule has 3 aromatic rings. The number of nitrogens with two attached hydrogens (primary N) is 1. The van der Waals surface area contributed by atoms with E-state index in [-0.39, 0.29) is 23.6 Å². The molecular formula is C18H17ClN8O. The van der Waals surface area contributed by atoms with Crippen LogP contribution in [0.4, 0.5) is 23.0 Å². The van der Waals surface area contributed by atoms with Gasteiger partial charge in [-0.25, -0.2) is 4.98 Å². The van der Waals surface area contributed by atoms with E-state index < -0.39 is 5.91 Å². The molecule has 0 aliphatic carbocycles. The fraction of sp³-hybridized carbons (Fsp3) is 0.0556. The van der Waals surface area contributed by atoms with Crippen molar-refractivity contribution in [2.75, 3.05) is 16.4 Å². The van der Waals surface area contributed by atoms with Crippen LogP contribution in [-0.2, 0) is 4.79 Å². The van der Waals surface area contributed by atoms with Gasteiger partial charge in [-0.3, -0.25) is 15.6 Å². The van der Waals surface area contributed by atoms with Gasteiger partial charge < -0.3 is 16.4 Å². The van der Waals surface area contributed by atoms with Gasteiger partial charge in [-0.1, -0.05) is 17.7 Å². The first-order valence-corrected chi connectivity index (χ1v) is 8.56. The molecule has 0 saturated carbocycles. The van der Waals surface area contributed by atoms with E-state index in [0.717, 1.165) is 4.68 Å². The largest absolute Gasteiger partial charge is 0.396 e. The number of amides is 1. The average Bonchev–Trinajstić information content (AvgIpc) is 2.65. The van der Waals surface area contributed by atoms with Crippen molar-refractivity contribution in [1.82, 2.24) is 14.8 Å². The molecule has 0 radical (unpaired) electrons. The third-order valence-corrected chi connectivity index (χ3v) is 3.85. The Hall–Kier alpha value is -3.72. The Morgan fingerprint density at radius 1 is 1.21 bits per heavy atom. The van der Waals surface area contributed by atoms with Gasteiger partial charge in [0.1, 0.15) is 11.3 Å². The molecule has 0 aliphatic rings. The number of carbonyl (C=O) groups excluding carboxylic acids is 1. The number of benzene rings is 1. The lowest BCUT2D eigenvalue weighted by molar-refractivity contribution is -0.115. The predicted molar refractivity (Wildman–Crippen MR) is 108 cm³/mol. The van der Waals surface area contributed by atoms with Gasteiger partial charge in [0, 0.05) is 16.9 Å². The second-order valence-electron chi connectivity index (χ2n) is 5.76. The van der Waals surface area contributed by atoms with Crippen LogP contribution in [0.2, 0.25) is 5.02 Å². The van der Waals surface area contributed by atoms with Crippen LogP contribution >= 0.6 is 11.6 Å². The van der Waals surface area contributed by atoms with Crippen molar-refractivity contribution in [2.24, 2.45) is 0 Å². The zero-order chi connectivity index (χ0) is 20.1. The van der Waals surface area contributed by atoms with Crippen LogP contribution in [0.1, 0.15) is 6.42 Å². The summed E-state index contributed by atoms with van der Waals surface area (Å²) < 4.78 is 1.06. The first-order chi connectivity index (χ1) is 13.4. The van der Waals surface area contributed by atoms with Crippen LogP contribution in [0.15, 0.2) is 54.7 Å². The molecule has 1 amide bonds. The van der Waals surface area contributed by atoms with Crippen molar-refractivity contribution in [3.63, 3.8) is 0 Å². The van der Waals surface area contributed by atoms with E-state index in [9.17, 15) is 4.79 Å². The van der Waals surface area contributed by atoms with Crippen LogP contribution in [-0.4, -0.2) is 26.5 Å². The van der Waals surface area contributed by atoms with Crippen LogP contribution in [0, 0.1) is 10.8 Å². The van der Waals surface area contributed by atoms with Gasteiger partial charge in [0.25, 0.3) is 0 Å². The third-order valence-electron chi connectivity index (χ3n) is 3.61. The standard InChI is InChI=1S/C18H17ClN8O/c19-11-3-1-4-12(9-11)24-16-7-6-14(21)27(26-16)15(22)10-17(28)25-18-13(20)5-2-8-23-18/h1-9,21-22H,10,20H2,(H,24,26)(H,23,25,28). The van der Waals surface area contributed by atoms with Crippen LogP contribution in [0.5, 0.6) is 0 Å². The lowest BCUT2D eigenvalue weighted by atomic mass is 10.3. The summed E-state index contributed by atoms with van der Waals surface area (Å²) in [5.41, 5.74) is 6.74. The highest BCUT2D eigenvalue weighted by molar-refractivity contribution is 6.30. The number of pyridine rings is 1. The molecule has 0 saturated heterocycles. The number of nitrogens with zero attached hydrogens (tertiary/aromatic N) is 3. The monoisotopic (exact) mass is 396 g/mol. The van der Waals surface area contributed by atoms with Gasteiger partial charge in [-0.15, -0.1) is 5.10 Å². The highest BCUT2D eigenvalue weighted by Gasteiger charge is 2.12. The smallest absolute Gasteiger partial charge is 0.233 e. The summed E-state index contributed by atoms with van der Waals surface area (Å²) in [7, 11) is 0. The molecule has 0 fully saturated rings. The van der Waals surface area contributed by atoms with Crippen LogP contribution in [0.3, 0.4) is 0 Å². The van der Waals surface area contributed by atoms with E-state index in [0.29, 0.717) is 22.2 Å². The summed E-state index contributed by atoms with van der Waals surface area (Å²) in [6.45, 7) is 0. The lowest BCUT2D eigenvalue weighted by Gasteiger charge is -2.11. The minimum atomic E-state index is -0.489. The third kappa shape index (κ3) is 4.71. The molecule has 3 rings (SSSR count). The van der Waals surface area contributed by atoms with Crippen molar-refractivity contribution in [2.45, 2.75) is 6.42 Å². The average molecular weight is 397 g/mol. The fourth-order valence-corrected chi connectivity index (χ4v) is 2.53. The van der Waals surface area contributed by atoms with E-state index in [1.165, 1.54) is 12.3 Å². The molecule has 0 atom stereocenters. The van der Waals surface area contributed by atoms with E-state index in [1.54, 1.807) is 36.4 Å². The van der Waals surface area contributed by atoms with Crippen molar-refractivity contribution in [1.29, 1.82) is 10.8 Å². The SMILES string of the molecule is N=C(CC(=O)Nc1ncccc1N)n1nc(Nc2cccc(Cl)c2)ccc1=N. The Bertz CT molecular complexity index is 1090. The molecule has 2 aromatic heterocycles. The molecule has 0 bridgehead atoms. The van der Waals surface area contributed by atoms with Gasteiger partial charge in [0.05, 0.1) is 12.1 Å². The lowest BCUT2D eigenvalue weighted by Crippen LogP contribution is -2.32. The van der Waals surface area contributed by atoms with Crippen LogP contribution in [0.25, 0.3) is 0 Å². The molecule has 1 aromatic carbocycles. The number of hydrogen-bond acceptors (Lipinski definition) is 7. The molecule has 2 heterocycles. The molecule has 6 N–H and O–H groups in total. The van der Waals surface area contributed by atoms with Gasteiger partial charge in [0.2, 0.25) is 5.91 Å². The Labute approximate surface area is 165 Å². The first kappa shape index (κ1) is 19.1. The normalized spacial score (nSPS) is 10.3. The Balaban J connectivity index is 1.73. The van der Waals surface area contributed by atoms with Gasteiger partial charge in [-0.05, 0) is 42.5 Å². The maximum Gasteiger partial charge on any atom is 0.233 e. The van der Waals surface area contributed by atoms with Crippen molar-refractivity contribution in [3.05, 3.63) is 65.2 Å². The number of aromatic nitrogens is 3. The molecule has 0 unspecified atom stereocenters. The van der Waals surface area contributed by atoms with E-state index in [1.807, 2.05) is 6.07 Å². The molecule has 0 aliphatic heterocycles. The quantitative estimate of drug-likeness (QED) is 0.332. The number of nitrogens with one attached hydrogen (secondary N) is 4. The number of hydrogen-bond donors (Lipinski definition) is 5. The molecule has 10 heteroatoms.